The maximum Gasteiger partial charge on any atom is 0.314 e. The van der Waals surface area contributed by atoms with Crippen LogP contribution in [0.4, 0.5) is 0 Å². The number of carbonyl (C=O) groups is 3. The molecule has 7 nitrogen and oxygen atoms in total. The third kappa shape index (κ3) is 2.07. The average molecular weight is 388 g/mol. The van der Waals surface area contributed by atoms with Crippen LogP contribution in [0.5, 0.6) is 0 Å². The van der Waals surface area contributed by atoms with Crippen LogP contribution in [0.2, 0.25) is 0 Å². The Balaban J connectivity index is 1.60. The number of ether oxygens (including phenoxy) is 3. The predicted molar refractivity (Wildman–Crippen MR) is 93.5 cm³/mol. The van der Waals surface area contributed by atoms with Crippen molar-refractivity contribution in [3.8, 4) is 0 Å². The number of cyclic esters (lactones) is 1. The largest absolute Gasteiger partial charge is 0.472 e. The molecule has 0 N–H and O–H groups in total. The zero-order valence-electron chi connectivity index (χ0n) is 16.0. The van der Waals surface area contributed by atoms with Crippen molar-refractivity contribution in [3.05, 3.63) is 24.2 Å². The van der Waals surface area contributed by atoms with Crippen molar-refractivity contribution >= 4 is 17.9 Å². The Labute approximate surface area is 162 Å². The third-order valence-electron chi connectivity index (χ3n) is 7.83. The van der Waals surface area contributed by atoms with Crippen LogP contribution in [-0.2, 0) is 28.6 Å². The van der Waals surface area contributed by atoms with E-state index in [1.165, 1.54) is 13.4 Å². The molecule has 2 saturated carbocycles. The van der Waals surface area contributed by atoms with Gasteiger partial charge in [0.25, 0.3) is 0 Å². The molecule has 1 aromatic rings. The number of esters is 3. The number of hydrogen-bond acceptors (Lipinski definition) is 7. The Kier molecular flexibility index (Phi) is 3.71. The maximum absolute atomic E-state index is 13.2. The van der Waals surface area contributed by atoms with Gasteiger partial charge in [0.15, 0.2) is 0 Å². The monoisotopic (exact) mass is 388 g/mol. The van der Waals surface area contributed by atoms with Crippen molar-refractivity contribution < 1.29 is 33.0 Å². The van der Waals surface area contributed by atoms with E-state index in [1.807, 2.05) is 6.92 Å². The van der Waals surface area contributed by atoms with Crippen LogP contribution < -0.4 is 0 Å². The quantitative estimate of drug-likeness (QED) is 0.568. The van der Waals surface area contributed by atoms with Gasteiger partial charge in [0.2, 0.25) is 0 Å². The summed E-state index contributed by atoms with van der Waals surface area (Å²) in [6, 6.07) is 1.76. The highest BCUT2D eigenvalue weighted by Gasteiger charge is 2.74. The summed E-state index contributed by atoms with van der Waals surface area (Å²) in [4.78, 5) is 38.9. The molecular formula is C21H24O7. The fourth-order valence-electron chi connectivity index (χ4n) is 6.57. The maximum atomic E-state index is 13.2. The van der Waals surface area contributed by atoms with Crippen LogP contribution in [0, 0.1) is 28.6 Å². The third-order valence-corrected chi connectivity index (χ3v) is 7.83. The highest BCUT2D eigenvalue weighted by atomic mass is 16.6. The minimum atomic E-state index is -0.944. The summed E-state index contributed by atoms with van der Waals surface area (Å²) >= 11 is 0. The lowest BCUT2D eigenvalue weighted by molar-refractivity contribution is -0.196. The molecule has 5 rings (SSSR count). The number of rotatable bonds is 2. The van der Waals surface area contributed by atoms with Crippen LogP contribution in [0.15, 0.2) is 23.0 Å². The molecule has 0 amide bonds. The van der Waals surface area contributed by atoms with E-state index in [0.29, 0.717) is 12.8 Å². The second-order valence-electron chi connectivity index (χ2n) is 8.90. The first-order valence-corrected chi connectivity index (χ1v) is 9.94. The van der Waals surface area contributed by atoms with Gasteiger partial charge < -0.3 is 18.6 Å². The van der Waals surface area contributed by atoms with Gasteiger partial charge >= 0.3 is 17.9 Å². The number of methoxy groups -OCH3 is 1. The number of fused-ring (bicyclic) bond motifs is 1. The smallest absolute Gasteiger partial charge is 0.314 e. The van der Waals surface area contributed by atoms with Crippen LogP contribution in [-0.4, -0.2) is 31.1 Å². The van der Waals surface area contributed by atoms with E-state index in [4.69, 9.17) is 18.6 Å². The van der Waals surface area contributed by atoms with E-state index in [2.05, 4.69) is 0 Å². The van der Waals surface area contributed by atoms with Crippen LogP contribution in [0.3, 0.4) is 0 Å². The first kappa shape index (κ1) is 17.8. The Morgan fingerprint density at radius 3 is 2.79 bits per heavy atom. The zero-order chi connectivity index (χ0) is 19.7. The van der Waals surface area contributed by atoms with E-state index < -0.39 is 29.0 Å². The van der Waals surface area contributed by atoms with Gasteiger partial charge in [0, 0.05) is 12.0 Å². The summed E-state index contributed by atoms with van der Waals surface area (Å²) in [6.45, 7) is 1.94. The fraction of sp³-hybridized carbons (Fsp3) is 0.667. The second kappa shape index (κ2) is 5.84. The fourth-order valence-corrected chi connectivity index (χ4v) is 6.57. The molecule has 4 fully saturated rings. The van der Waals surface area contributed by atoms with E-state index in [-0.39, 0.29) is 29.7 Å². The van der Waals surface area contributed by atoms with Gasteiger partial charge in [-0.3, -0.25) is 14.4 Å². The highest BCUT2D eigenvalue weighted by Crippen LogP contribution is 2.67. The molecule has 2 aliphatic heterocycles. The van der Waals surface area contributed by atoms with Crippen LogP contribution in [0.25, 0.3) is 0 Å². The van der Waals surface area contributed by atoms with Crippen molar-refractivity contribution in [2.45, 2.75) is 51.2 Å². The first-order valence-electron chi connectivity index (χ1n) is 9.94. The summed E-state index contributed by atoms with van der Waals surface area (Å²) < 4.78 is 21.7. The molecule has 0 spiro atoms. The Morgan fingerprint density at radius 2 is 2.07 bits per heavy atom. The number of furan rings is 1. The zero-order valence-corrected chi connectivity index (χ0v) is 16.0. The molecule has 7 heteroatoms. The summed E-state index contributed by atoms with van der Waals surface area (Å²) in [5.74, 6) is -1.69. The van der Waals surface area contributed by atoms with Gasteiger partial charge in [-0.2, -0.15) is 0 Å². The highest BCUT2D eigenvalue weighted by molar-refractivity contribution is 5.91. The molecule has 0 unspecified atom stereocenters. The molecule has 2 bridgehead atoms. The molecule has 4 aliphatic rings. The predicted octanol–water partition coefficient (Wildman–Crippen LogP) is 2.79. The minimum Gasteiger partial charge on any atom is -0.472 e. The molecule has 28 heavy (non-hydrogen) atoms. The number of hydrogen-bond donors (Lipinski definition) is 0. The van der Waals surface area contributed by atoms with Crippen LogP contribution in [0.1, 0.15) is 50.7 Å². The molecule has 1 aromatic heterocycles. The van der Waals surface area contributed by atoms with Crippen molar-refractivity contribution in [1.82, 2.24) is 0 Å². The molecule has 0 aromatic carbocycles. The average Bonchev–Trinajstić information content (AvgIpc) is 3.28. The van der Waals surface area contributed by atoms with E-state index >= 15 is 0 Å². The van der Waals surface area contributed by atoms with Crippen molar-refractivity contribution in [1.29, 1.82) is 0 Å². The molecule has 3 heterocycles. The van der Waals surface area contributed by atoms with Gasteiger partial charge in [-0.25, -0.2) is 0 Å². The Hall–Kier alpha value is -2.31. The molecule has 150 valence electrons. The molecule has 7 atom stereocenters. The van der Waals surface area contributed by atoms with Crippen molar-refractivity contribution in [2.75, 3.05) is 7.11 Å². The SMILES string of the molecule is COC(=O)[C@@]1(C)CCC[C@@H]2[C@H]1C[C@H]1OC(=O)[C@]23C[C@@H](c2ccoc2)OC(=O)[C@H]13. The summed E-state index contributed by atoms with van der Waals surface area (Å²) in [7, 11) is 1.41. The summed E-state index contributed by atoms with van der Waals surface area (Å²) in [5.41, 5.74) is -0.874. The molecule has 0 radical (unpaired) electrons. The second-order valence-corrected chi connectivity index (χ2v) is 8.90. The van der Waals surface area contributed by atoms with E-state index in [0.717, 1.165) is 24.8 Å². The standard InChI is InChI=1S/C21H24O7/c1-20(18(23)25-2)6-3-4-12-13(20)8-14-16-17(22)27-15(11-5-7-26-10-11)9-21(12,16)19(24)28-14/h5,7,10,12-16H,3-4,6,8-9H2,1-2H3/t12-,13-,14-,15+,16+,20+,21-/m1/s1. The lowest BCUT2D eigenvalue weighted by Gasteiger charge is -2.55. The summed E-state index contributed by atoms with van der Waals surface area (Å²) in [6.07, 6.45) is 5.20. The molecule has 2 saturated heterocycles. The minimum absolute atomic E-state index is 0.0581. The van der Waals surface area contributed by atoms with Gasteiger partial charge in [0.1, 0.15) is 18.1 Å². The Morgan fingerprint density at radius 1 is 1.25 bits per heavy atom. The van der Waals surface area contributed by atoms with Crippen molar-refractivity contribution in [2.24, 2.45) is 28.6 Å². The van der Waals surface area contributed by atoms with Gasteiger partial charge in [0.05, 0.1) is 30.5 Å². The molecule has 2 aliphatic carbocycles. The number of carbonyl (C=O) groups excluding carboxylic acids is 3. The lowest BCUT2D eigenvalue weighted by atomic mass is 9.46. The van der Waals surface area contributed by atoms with Gasteiger partial charge in [-0.1, -0.05) is 6.42 Å². The van der Waals surface area contributed by atoms with Gasteiger partial charge in [-0.15, -0.1) is 0 Å². The lowest BCUT2D eigenvalue weighted by Crippen LogP contribution is -2.60. The Bertz CT molecular complexity index is 830. The summed E-state index contributed by atoms with van der Waals surface area (Å²) in [5, 5.41) is 0. The molecular weight excluding hydrogens is 364 g/mol. The van der Waals surface area contributed by atoms with E-state index in [9.17, 15) is 14.4 Å². The van der Waals surface area contributed by atoms with E-state index in [1.54, 1.807) is 12.3 Å². The van der Waals surface area contributed by atoms with Gasteiger partial charge in [-0.05, 0) is 44.1 Å². The van der Waals surface area contributed by atoms with Crippen LogP contribution >= 0.6 is 0 Å². The first-order chi connectivity index (χ1) is 13.4. The normalized spacial score (nSPS) is 44.1. The topological polar surface area (TPSA) is 92.0 Å². The van der Waals surface area contributed by atoms with Crippen molar-refractivity contribution in [3.63, 3.8) is 0 Å².